The minimum absolute atomic E-state index is 0.400. The number of alkyl carbamates (subject to hydrolysis) is 1. The number of amides is 1. The first kappa shape index (κ1) is 15.1. The Balaban J connectivity index is 2.35. The van der Waals surface area contributed by atoms with E-state index in [9.17, 15) is 4.79 Å². The van der Waals surface area contributed by atoms with Crippen LogP contribution < -0.4 is 10.6 Å². The van der Waals surface area contributed by atoms with Gasteiger partial charge in [-0.2, -0.15) is 0 Å². The van der Waals surface area contributed by atoms with E-state index in [1.807, 2.05) is 64.2 Å². The van der Waals surface area contributed by atoms with Crippen LogP contribution in [0, 0.1) is 0 Å². The van der Waals surface area contributed by atoms with Crippen LogP contribution in [0.3, 0.4) is 0 Å². The van der Waals surface area contributed by atoms with Crippen LogP contribution >= 0.6 is 0 Å². The SMILES string of the molecule is CNc1ccc(C=CCNC(=O)OC(C)(C)C)cc1. The van der Waals surface area contributed by atoms with Gasteiger partial charge in [0.05, 0.1) is 0 Å². The van der Waals surface area contributed by atoms with E-state index in [0.29, 0.717) is 6.54 Å². The fourth-order valence-electron chi connectivity index (χ4n) is 1.41. The third-order valence-electron chi connectivity index (χ3n) is 2.27. The molecule has 0 spiro atoms. The number of nitrogens with one attached hydrogen (secondary N) is 2. The lowest BCUT2D eigenvalue weighted by molar-refractivity contribution is 0.0534. The molecule has 0 aliphatic heterocycles. The number of rotatable bonds is 4. The quantitative estimate of drug-likeness (QED) is 0.875. The first-order valence-electron chi connectivity index (χ1n) is 6.32. The maximum absolute atomic E-state index is 11.4. The van der Waals surface area contributed by atoms with Crippen LogP contribution in [0.1, 0.15) is 26.3 Å². The summed E-state index contributed by atoms with van der Waals surface area (Å²) in [7, 11) is 1.88. The summed E-state index contributed by atoms with van der Waals surface area (Å²) >= 11 is 0. The summed E-state index contributed by atoms with van der Waals surface area (Å²) in [6.07, 6.45) is 3.44. The molecule has 1 amide bonds. The largest absolute Gasteiger partial charge is 0.444 e. The molecule has 0 atom stereocenters. The Morgan fingerprint density at radius 2 is 1.89 bits per heavy atom. The van der Waals surface area contributed by atoms with Crippen LogP contribution in [-0.2, 0) is 4.74 Å². The molecule has 0 aromatic heterocycles. The van der Waals surface area contributed by atoms with E-state index in [1.54, 1.807) is 0 Å². The van der Waals surface area contributed by atoms with E-state index in [4.69, 9.17) is 4.74 Å². The summed E-state index contributed by atoms with van der Waals surface area (Å²) in [4.78, 5) is 11.4. The van der Waals surface area contributed by atoms with Gasteiger partial charge in [0.25, 0.3) is 0 Å². The molecule has 4 nitrogen and oxygen atoms in total. The molecule has 0 aliphatic rings. The third kappa shape index (κ3) is 6.50. The summed E-state index contributed by atoms with van der Waals surface area (Å²) in [6.45, 7) is 5.96. The molecule has 1 aromatic carbocycles. The monoisotopic (exact) mass is 262 g/mol. The van der Waals surface area contributed by atoms with Crippen molar-refractivity contribution >= 4 is 17.9 Å². The van der Waals surface area contributed by atoms with Crippen molar-refractivity contribution < 1.29 is 9.53 Å². The Hall–Kier alpha value is -1.97. The van der Waals surface area contributed by atoms with E-state index >= 15 is 0 Å². The van der Waals surface area contributed by atoms with Gasteiger partial charge in [-0.15, -0.1) is 0 Å². The summed E-state index contributed by atoms with van der Waals surface area (Å²) in [5.74, 6) is 0. The first-order valence-corrected chi connectivity index (χ1v) is 6.32. The summed E-state index contributed by atoms with van der Waals surface area (Å²) < 4.78 is 5.13. The van der Waals surface area contributed by atoms with E-state index in [2.05, 4.69) is 10.6 Å². The standard InChI is InChI=1S/C15H22N2O2/c1-15(2,3)19-14(18)17-11-5-6-12-7-9-13(16-4)10-8-12/h5-10,16H,11H2,1-4H3,(H,17,18). The molecule has 2 N–H and O–H groups in total. The number of benzene rings is 1. The van der Waals surface area contributed by atoms with Crippen molar-refractivity contribution in [3.63, 3.8) is 0 Å². The summed E-state index contributed by atoms with van der Waals surface area (Å²) in [6, 6.07) is 8.02. The highest BCUT2D eigenvalue weighted by atomic mass is 16.6. The predicted octanol–water partition coefficient (Wildman–Crippen LogP) is 3.27. The van der Waals surface area contributed by atoms with Crippen LogP contribution in [0.5, 0.6) is 0 Å². The van der Waals surface area contributed by atoms with Crippen molar-refractivity contribution in [1.29, 1.82) is 0 Å². The Morgan fingerprint density at radius 3 is 2.42 bits per heavy atom. The Bertz CT molecular complexity index is 430. The normalized spacial score (nSPS) is 11.4. The number of carbonyl (C=O) groups excluding carboxylic acids is 1. The zero-order chi connectivity index (χ0) is 14.3. The average molecular weight is 262 g/mol. The van der Waals surface area contributed by atoms with Gasteiger partial charge < -0.3 is 15.4 Å². The highest BCUT2D eigenvalue weighted by Gasteiger charge is 2.14. The van der Waals surface area contributed by atoms with Crippen LogP contribution in [0.4, 0.5) is 10.5 Å². The minimum Gasteiger partial charge on any atom is -0.444 e. The van der Waals surface area contributed by atoms with Crippen LogP contribution in [0.2, 0.25) is 0 Å². The minimum atomic E-state index is -0.462. The molecule has 0 saturated heterocycles. The zero-order valence-corrected chi connectivity index (χ0v) is 12.0. The molecule has 1 rings (SSSR count). The van der Waals surface area contributed by atoms with Gasteiger partial charge in [0, 0.05) is 19.3 Å². The molecule has 0 fully saturated rings. The molecule has 0 saturated carbocycles. The Labute approximate surface area is 114 Å². The second-order valence-corrected chi connectivity index (χ2v) is 5.16. The van der Waals surface area contributed by atoms with Gasteiger partial charge in [-0.3, -0.25) is 0 Å². The zero-order valence-electron chi connectivity index (χ0n) is 12.0. The van der Waals surface area contributed by atoms with Gasteiger partial charge in [-0.05, 0) is 38.5 Å². The molecule has 19 heavy (non-hydrogen) atoms. The third-order valence-corrected chi connectivity index (χ3v) is 2.27. The van der Waals surface area contributed by atoms with Gasteiger partial charge >= 0.3 is 6.09 Å². The number of hydrogen-bond donors (Lipinski definition) is 2. The van der Waals surface area contributed by atoms with Crippen molar-refractivity contribution in [3.05, 3.63) is 35.9 Å². The van der Waals surface area contributed by atoms with Crippen LogP contribution in [0.25, 0.3) is 6.08 Å². The van der Waals surface area contributed by atoms with Gasteiger partial charge in [0.15, 0.2) is 0 Å². The molecular formula is C15H22N2O2. The number of ether oxygens (including phenoxy) is 1. The van der Waals surface area contributed by atoms with Gasteiger partial charge in [-0.1, -0.05) is 24.3 Å². The topological polar surface area (TPSA) is 50.4 Å². The highest BCUT2D eigenvalue weighted by molar-refractivity contribution is 5.68. The van der Waals surface area contributed by atoms with Gasteiger partial charge in [-0.25, -0.2) is 4.79 Å². The molecule has 0 unspecified atom stereocenters. The van der Waals surface area contributed by atoms with Gasteiger partial charge in [0.2, 0.25) is 0 Å². The fourth-order valence-corrected chi connectivity index (χ4v) is 1.41. The lowest BCUT2D eigenvalue weighted by Gasteiger charge is -2.19. The van der Waals surface area contributed by atoms with Crippen molar-refractivity contribution in [3.8, 4) is 0 Å². The molecule has 0 radical (unpaired) electrons. The van der Waals surface area contributed by atoms with Crippen molar-refractivity contribution in [2.45, 2.75) is 26.4 Å². The Morgan fingerprint density at radius 1 is 1.26 bits per heavy atom. The van der Waals surface area contributed by atoms with Crippen LogP contribution in [0.15, 0.2) is 30.3 Å². The Kier molecular flexibility index (Phi) is 5.42. The molecule has 104 valence electrons. The molecule has 4 heteroatoms. The van der Waals surface area contributed by atoms with E-state index in [-0.39, 0.29) is 0 Å². The van der Waals surface area contributed by atoms with E-state index in [0.717, 1.165) is 11.3 Å². The van der Waals surface area contributed by atoms with Crippen LogP contribution in [-0.4, -0.2) is 25.3 Å². The highest BCUT2D eigenvalue weighted by Crippen LogP contribution is 2.09. The number of carbonyl (C=O) groups is 1. The lowest BCUT2D eigenvalue weighted by atomic mass is 10.2. The number of hydrogen-bond acceptors (Lipinski definition) is 3. The van der Waals surface area contributed by atoms with Crippen molar-refractivity contribution in [1.82, 2.24) is 5.32 Å². The predicted molar refractivity (Wildman–Crippen MR) is 79.3 cm³/mol. The molecule has 0 bridgehead atoms. The van der Waals surface area contributed by atoms with Crippen molar-refractivity contribution in [2.24, 2.45) is 0 Å². The summed E-state index contributed by atoms with van der Waals surface area (Å²) in [5, 5.41) is 5.73. The maximum Gasteiger partial charge on any atom is 0.407 e. The lowest BCUT2D eigenvalue weighted by Crippen LogP contribution is -2.32. The number of anilines is 1. The molecule has 1 aromatic rings. The van der Waals surface area contributed by atoms with E-state index < -0.39 is 11.7 Å². The fraction of sp³-hybridized carbons (Fsp3) is 0.400. The molecule has 0 heterocycles. The van der Waals surface area contributed by atoms with E-state index in [1.165, 1.54) is 0 Å². The van der Waals surface area contributed by atoms with Gasteiger partial charge in [0.1, 0.15) is 5.60 Å². The average Bonchev–Trinajstić information content (AvgIpc) is 2.33. The van der Waals surface area contributed by atoms with Crippen molar-refractivity contribution in [2.75, 3.05) is 18.9 Å². The maximum atomic E-state index is 11.4. The second kappa shape index (κ2) is 6.83. The second-order valence-electron chi connectivity index (χ2n) is 5.16. The summed E-state index contributed by atoms with van der Waals surface area (Å²) in [5.41, 5.74) is 1.70. The molecule has 0 aliphatic carbocycles. The first-order chi connectivity index (χ1) is 8.90. The smallest absolute Gasteiger partial charge is 0.407 e. The molecular weight excluding hydrogens is 240 g/mol.